The summed E-state index contributed by atoms with van der Waals surface area (Å²) in [6, 6.07) is 14.6. The van der Waals surface area contributed by atoms with Gasteiger partial charge in [-0.1, -0.05) is 62.4 Å². The van der Waals surface area contributed by atoms with E-state index >= 15 is 0 Å². The number of rotatable bonds is 10. The topological polar surface area (TPSA) is 102 Å². The minimum atomic E-state index is -0.814. The molecule has 0 saturated carbocycles. The molecule has 36 heavy (non-hydrogen) atoms. The molecule has 0 bridgehead atoms. The maximum Gasteiger partial charge on any atom is 0.410 e. The molecular formula is C28H34N2O6. The third-order valence-electron chi connectivity index (χ3n) is 6.72. The van der Waals surface area contributed by atoms with E-state index in [9.17, 15) is 19.2 Å². The molecule has 8 nitrogen and oxygen atoms in total. The Kier molecular flexibility index (Phi) is 8.85. The van der Waals surface area contributed by atoms with Gasteiger partial charge in [0.15, 0.2) is 5.78 Å². The van der Waals surface area contributed by atoms with E-state index in [-0.39, 0.29) is 24.7 Å². The first kappa shape index (κ1) is 26.9. The Morgan fingerprint density at radius 1 is 0.972 bits per heavy atom. The van der Waals surface area contributed by atoms with Crippen LogP contribution < -0.4 is 5.32 Å². The van der Waals surface area contributed by atoms with Crippen LogP contribution in [0.25, 0.3) is 11.1 Å². The predicted molar refractivity (Wildman–Crippen MR) is 135 cm³/mol. The molecule has 3 rings (SSSR count). The number of esters is 1. The van der Waals surface area contributed by atoms with Gasteiger partial charge in [-0.3, -0.25) is 9.59 Å². The Bertz CT molecular complexity index is 1090. The predicted octanol–water partition coefficient (Wildman–Crippen LogP) is 3.92. The number of hydrogen-bond donors (Lipinski definition) is 1. The standard InChI is InChI=1S/C28H34N2O6/c1-6-24(25(31)15-17(2)26(32)29-18(3)27(33)35-5)30(4)28(34)36-16-23-21-13-9-7-11-19(21)20-12-8-10-14-22(20)23/h7-14,17-18,23-24H,6,15-16H2,1-5H3,(H,29,32)/t17-,18+,24+/m0/s1. The molecule has 0 aliphatic heterocycles. The van der Waals surface area contributed by atoms with Gasteiger partial charge in [0.05, 0.1) is 13.2 Å². The fourth-order valence-electron chi connectivity index (χ4n) is 4.66. The summed E-state index contributed by atoms with van der Waals surface area (Å²) < 4.78 is 10.3. The monoisotopic (exact) mass is 494 g/mol. The summed E-state index contributed by atoms with van der Waals surface area (Å²) in [6.45, 7) is 5.08. The Morgan fingerprint density at radius 3 is 2.06 bits per heavy atom. The quantitative estimate of drug-likeness (QED) is 0.503. The van der Waals surface area contributed by atoms with Gasteiger partial charge in [-0.15, -0.1) is 0 Å². The molecule has 192 valence electrons. The number of carbonyl (C=O) groups excluding carboxylic acids is 4. The minimum Gasteiger partial charge on any atom is -0.467 e. The first-order valence-corrected chi connectivity index (χ1v) is 12.2. The molecule has 0 spiro atoms. The van der Waals surface area contributed by atoms with Crippen LogP contribution in [-0.2, 0) is 23.9 Å². The molecule has 2 amide bonds. The van der Waals surface area contributed by atoms with Gasteiger partial charge in [0.2, 0.25) is 5.91 Å². The number of likely N-dealkylation sites (N-methyl/N-ethyl adjacent to an activating group) is 1. The molecule has 2 aromatic rings. The van der Waals surface area contributed by atoms with Gasteiger partial charge in [0.25, 0.3) is 0 Å². The van der Waals surface area contributed by atoms with Crippen LogP contribution in [0.3, 0.4) is 0 Å². The van der Waals surface area contributed by atoms with E-state index in [1.807, 2.05) is 36.4 Å². The second-order valence-corrected chi connectivity index (χ2v) is 9.16. The minimum absolute atomic E-state index is 0.0702. The van der Waals surface area contributed by atoms with E-state index in [0.29, 0.717) is 6.42 Å². The van der Waals surface area contributed by atoms with E-state index in [1.54, 1.807) is 13.8 Å². The highest BCUT2D eigenvalue weighted by atomic mass is 16.6. The van der Waals surface area contributed by atoms with Crippen molar-refractivity contribution in [2.75, 3.05) is 20.8 Å². The molecule has 1 N–H and O–H groups in total. The van der Waals surface area contributed by atoms with Crippen LogP contribution >= 0.6 is 0 Å². The van der Waals surface area contributed by atoms with Crippen LogP contribution in [0.5, 0.6) is 0 Å². The maximum absolute atomic E-state index is 13.0. The fourth-order valence-corrected chi connectivity index (χ4v) is 4.66. The average molecular weight is 495 g/mol. The summed E-state index contributed by atoms with van der Waals surface area (Å²) in [4.78, 5) is 51.1. The Hall–Kier alpha value is -3.68. The summed E-state index contributed by atoms with van der Waals surface area (Å²) >= 11 is 0. The lowest BCUT2D eigenvalue weighted by molar-refractivity contribution is -0.145. The number of Topliss-reactive ketones (excluding diaryl/α,β-unsaturated/α-hetero) is 1. The molecule has 8 heteroatoms. The summed E-state index contributed by atoms with van der Waals surface area (Å²) in [5, 5.41) is 2.54. The van der Waals surface area contributed by atoms with Gasteiger partial charge < -0.3 is 19.7 Å². The number of nitrogens with one attached hydrogen (secondary N) is 1. The zero-order valence-corrected chi connectivity index (χ0v) is 21.4. The molecule has 0 aromatic heterocycles. The van der Waals surface area contributed by atoms with E-state index in [1.165, 1.54) is 26.0 Å². The number of methoxy groups -OCH3 is 1. The Labute approximate surface area is 212 Å². The second-order valence-electron chi connectivity index (χ2n) is 9.16. The highest BCUT2D eigenvalue weighted by molar-refractivity contribution is 5.92. The first-order valence-electron chi connectivity index (χ1n) is 12.2. The molecule has 0 radical (unpaired) electrons. The Balaban J connectivity index is 1.60. The van der Waals surface area contributed by atoms with Crippen LogP contribution in [0.4, 0.5) is 4.79 Å². The van der Waals surface area contributed by atoms with Crippen molar-refractivity contribution in [3.05, 3.63) is 59.7 Å². The van der Waals surface area contributed by atoms with Crippen molar-refractivity contribution >= 4 is 23.8 Å². The van der Waals surface area contributed by atoms with Crippen LogP contribution in [0.1, 0.15) is 50.7 Å². The number of fused-ring (bicyclic) bond motifs is 3. The lowest BCUT2D eigenvalue weighted by atomic mass is 9.97. The number of nitrogens with zero attached hydrogens (tertiary/aromatic N) is 1. The van der Waals surface area contributed by atoms with Gasteiger partial charge in [-0.25, -0.2) is 9.59 Å². The van der Waals surface area contributed by atoms with Crippen LogP contribution in [0.2, 0.25) is 0 Å². The number of ketones is 1. The lowest BCUT2D eigenvalue weighted by Crippen LogP contribution is -2.45. The number of amides is 2. The van der Waals surface area contributed by atoms with Gasteiger partial charge in [-0.05, 0) is 35.6 Å². The van der Waals surface area contributed by atoms with Crippen molar-refractivity contribution in [1.29, 1.82) is 0 Å². The number of benzene rings is 2. The maximum atomic E-state index is 13.0. The zero-order chi connectivity index (χ0) is 26.4. The van der Waals surface area contributed by atoms with Crippen molar-refractivity contribution in [2.24, 2.45) is 5.92 Å². The van der Waals surface area contributed by atoms with Crippen molar-refractivity contribution in [2.45, 2.75) is 51.6 Å². The van der Waals surface area contributed by atoms with Gasteiger partial charge in [0, 0.05) is 25.3 Å². The number of carbonyl (C=O) groups is 4. The summed E-state index contributed by atoms with van der Waals surface area (Å²) in [5.41, 5.74) is 4.49. The van der Waals surface area contributed by atoms with Crippen LogP contribution in [-0.4, -0.2) is 61.5 Å². The highest BCUT2D eigenvalue weighted by Crippen LogP contribution is 2.44. The fraction of sp³-hybridized carbons (Fsp3) is 0.429. The molecule has 0 unspecified atom stereocenters. The molecule has 1 aliphatic carbocycles. The molecule has 1 aliphatic rings. The third kappa shape index (κ3) is 5.75. The zero-order valence-electron chi connectivity index (χ0n) is 21.4. The van der Waals surface area contributed by atoms with E-state index in [2.05, 4.69) is 22.2 Å². The molecule has 2 aromatic carbocycles. The molecule has 0 heterocycles. The number of ether oxygens (including phenoxy) is 2. The lowest BCUT2D eigenvalue weighted by Gasteiger charge is -2.27. The van der Waals surface area contributed by atoms with Crippen LogP contribution in [0.15, 0.2) is 48.5 Å². The van der Waals surface area contributed by atoms with E-state index < -0.39 is 36.0 Å². The van der Waals surface area contributed by atoms with Gasteiger partial charge >= 0.3 is 12.1 Å². The third-order valence-corrected chi connectivity index (χ3v) is 6.72. The summed E-state index contributed by atoms with van der Waals surface area (Å²) in [7, 11) is 2.78. The van der Waals surface area contributed by atoms with Gasteiger partial charge in [0.1, 0.15) is 12.6 Å². The SMILES string of the molecule is CC[C@H](C(=O)C[C@H](C)C(=O)N[C@H](C)C(=O)OC)N(C)C(=O)OCC1c2ccccc2-c2ccccc21. The van der Waals surface area contributed by atoms with Crippen molar-refractivity contribution in [3.63, 3.8) is 0 Å². The van der Waals surface area contributed by atoms with E-state index in [4.69, 9.17) is 4.74 Å². The van der Waals surface area contributed by atoms with Crippen LogP contribution in [0, 0.1) is 5.92 Å². The normalized spacial score (nSPS) is 14.6. The van der Waals surface area contributed by atoms with Gasteiger partial charge in [-0.2, -0.15) is 0 Å². The van der Waals surface area contributed by atoms with Crippen molar-refractivity contribution in [1.82, 2.24) is 10.2 Å². The van der Waals surface area contributed by atoms with Crippen molar-refractivity contribution < 1.29 is 28.7 Å². The first-order chi connectivity index (χ1) is 17.2. The summed E-state index contributed by atoms with van der Waals surface area (Å²) in [5.74, 6) is -1.99. The smallest absolute Gasteiger partial charge is 0.410 e. The van der Waals surface area contributed by atoms with E-state index in [0.717, 1.165) is 22.3 Å². The molecule has 3 atom stereocenters. The van der Waals surface area contributed by atoms with Crippen molar-refractivity contribution in [3.8, 4) is 11.1 Å². The number of hydrogen-bond acceptors (Lipinski definition) is 6. The largest absolute Gasteiger partial charge is 0.467 e. The second kappa shape index (κ2) is 11.8. The molecule has 0 fully saturated rings. The highest BCUT2D eigenvalue weighted by Gasteiger charge is 2.32. The molecular weight excluding hydrogens is 460 g/mol. The molecule has 0 saturated heterocycles. The Morgan fingerprint density at radius 2 is 1.53 bits per heavy atom. The summed E-state index contributed by atoms with van der Waals surface area (Å²) in [6.07, 6.45) is -0.278. The average Bonchev–Trinajstić information content (AvgIpc) is 3.20.